The second-order valence-electron chi connectivity index (χ2n) is 5.08. The zero-order valence-corrected chi connectivity index (χ0v) is 12.3. The van der Waals surface area contributed by atoms with Crippen molar-refractivity contribution in [1.29, 1.82) is 0 Å². The third-order valence-corrected chi connectivity index (χ3v) is 3.99. The van der Waals surface area contributed by atoms with Crippen molar-refractivity contribution in [3.63, 3.8) is 0 Å². The molecule has 0 radical (unpaired) electrons. The Labute approximate surface area is 111 Å². The third kappa shape index (κ3) is 3.33. The smallest absolute Gasteiger partial charge is 0.0534 e. The van der Waals surface area contributed by atoms with E-state index in [2.05, 4.69) is 37.0 Å². The van der Waals surface area contributed by atoms with E-state index in [1.54, 1.807) is 0 Å². The maximum absolute atomic E-state index is 6.06. The van der Waals surface area contributed by atoms with Crippen LogP contribution in [0.15, 0.2) is 12.4 Å². The molecule has 1 rings (SSSR count). The van der Waals surface area contributed by atoms with Gasteiger partial charge in [-0.05, 0) is 25.8 Å². The highest BCUT2D eigenvalue weighted by Gasteiger charge is 2.31. The normalized spacial score (nSPS) is 12.3. The first-order valence-corrected chi connectivity index (χ1v) is 7.04. The van der Waals surface area contributed by atoms with Gasteiger partial charge in [0.2, 0.25) is 0 Å². The molecule has 0 saturated carbocycles. The Hall–Kier alpha value is -0.870. The summed E-state index contributed by atoms with van der Waals surface area (Å²) >= 11 is 0. The molecule has 0 amide bonds. The molecule has 0 bridgehead atoms. The lowest BCUT2D eigenvalue weighted by Gasteiger charge is -2.42. The quantitative estimate of drug-likeness (QED) is 0.771. The first kappa shape index (κ1) is 15.2. The van der Waals surface area contributed by atoms with Gasteiger partial charge < -0.3 is 5.73 Å². The third-order valence-electron chi connectivity index (χ3n) is 3.99. The van der Waals surface area contributed by atoms with Crippen molar-refractivity contribution in [2.75, 3.05) is 13.1 Å². The van der Waals surface area contributed by atoms with Crippen molar-refractivity contribution in [1.82, 2.24) is 14.7 Å². The molecule has 18 heavy (non-hydrogen) atoms. The van der Waals surface area contributed by atoms with E-state index in [1.165, 1.54) is 5.56 Å². The van der Waals surface area contributed by atoms with Gasteiger partial charge in [0.25, 0.3) is 0 Å². The molecule has 1 aromatic heterocycles. The van der Waals surface area contributed by atoms with E-state index in [-0.39, 0.29) is 5.54 Å². The lowest BCUT2D eigenvalue weighted by molar-refractivity contribution is 0.0766. The minimum absolute atomic E-state index is 0.131. The SMILES string of the molecule is CCCN(Cc1cnn(C)c1)C(CC)(CC)CN. The summed E-state index contributed by atoms with van der Waals surface area (Å²) < 4.78 is 1.86. The molecule has 0 aromatic carbocycles. The van der Waals surface area contributed by atoms with E-state index in [9.17, 15) is 0 Å². The molecule has 0 aliphatic rings. The molecule has 0 atom stereocenters. The molecule has 0 aliphatic heterocycles. The Kier molecular flexibility index (Phi) is 5.82. The highest BCUT2D eigenvalue weighted by Crippen LogP contribution is 2.25. The highest BCUT2D eigenvalue weighted by atomic mass is 15.3. The van der Waals surface area contributed by atoms with Crippen LogP contribution >= 0.6 is 0 Å². The summed E-state index contributed by atoms with van der Waals surface area (Å²) in [6.45, 7) is 9.46. The summed E-state index contributed by atoms with van der Waals surface area (Å²) in [5, 5.41) is 4.25. The van der Waals surface area contributed by atoms with Crippen LogP contribution in [0.5, 0.6) is 0 Å². The molecule has 1 heterocycles. The van der Waals surface area contributed by atoms with Crippen LogP contribution in [0.25, 0.3) is 0 Å². The van der Waals surface area contributed by atoms with Gasteiger partial charge in [-0.1, -0.05) is 20.8 Å². The van der Waals surface area contributed by atoms with Gasteiger partial charge in [-0.3, -0.25) is 9.58 Å². The fraction of sp³-hybridized carbons (Fsp3) is 0.786. The van der Waals surface area contributed by atoms with Gasteiger partial charge in [0.05, 0.1) is 6.20 Å². The maximum Gasteiger partial charge on any atom is 0.0534 e. The predicted octanol–water partition coefficient (Wildman–Crippen LogP) is 2.15. The van der Waals surface area contributed by atoms with Crippen LogP contribution in [-0.2, 0) is 13.6 Å². The van der Waals surface area contributed by atoms with Gasteiger partial charge in [0.1, 0.15) is 0 Å². The van der Waals surface area contributed by atoms with E-state index in [0.29, 0.717) is 0 Å². The number of rotatable bonds is 8. The van der Waals surface area contributed by atoms with Gasteiger partial charge in [0.15, 0.2) is 0 Å². The molecular formula is C14H28N4. The van der Waals surface area contributed by atoms with Crippen molar-refractivity contribution in [2.45, 2.75) is 52.1 Å². The number of nitrogens with zero attached hydrogens (tertiary/aromatic N) is 3. The number of aromatic nitrogens is 2. The van der Waals surface area contributed by atoms with Gasteiger partial charge in [-0.15, -0.1) is 0 Å². The second kappa shape index (κ2) is 6.90. The Morgan fingerprint density at radius 2 is 2.00 bits per heavy atom. The van der Waals surface area contributed by atoms with E-state index in [0.717, 1.165) is 38.9 Å². The summed E-state index contributed by atoms with van der Waals surface area (Å²) in [5.41, 5.74) is 7.46. The lowest BCUT2D eigenvalue weighted by atomic mass is 9.90. The standard InChI is InChI=1S/C14H28N4/c1-5-8-18(14(6-2,7-3)12-15)11-13-9-16-17(4)10-13/h9-10H,5-8,11-12,15H2,1-4H3. The molecule has 1 aromatic rings. The van der Waals surface area contributed by atoms with Gasteiger partial charge >= 0.3 is 0 Å². The Balaban J connectivity index is 2.86. The number of nitrogens with two attached hydrogens (primary N) is 1. The average Bonchev–Trinajstić information content (AvgIpc) is 2.78. The summed E-state index contributed by atoms with van der Waals surface area (Å²) in [7, 11) is 1.96. The molecule has 0 fully saturated rings. The summed E-state index contributed by atoms with van der Waals surface area (Å²) in [6, 6.07) is 0. The van der Waals surface area contributed by atoms with Crippen molar-refractivity contribution in [2.24, 2.45) is 12.8 Å². The molecular weight excluding hydrogens is 224 g/mol. The minimum Gasteiger partial charge on any atom is -0.329 e. The summed E-state index contributed by atoms with van der Waals surface area (Å²) in [5.74, 6) is 0. The number of aryl methyl sites for hydroxylation is 1. The average molecular weight is 252 g/mol. The largest absolute Gasteiger partial charge is 0.329 e. The minimum atomic E-state index is 0.131. The number of hydrogen-bond donors (Lipinski definition) is 1. The maximum atomic E-state index is 6.06. The van der Waals surface area contributed by atoms with Crippen LogP contribution in [0.4, 0.5) is 0 Å². The van der Waals surface area contributed by atoms with Crippen LogP contribution in [-0.4, -0.2) is 33.3 Å². The monoisotopic (exact) mass is 252 g/mol. The topological polar surface area (TPSA) is 47.1 Å². The first-order valence-electron chi connectivity index (χ1n) is 7.04. The van der Waals surface area contributed by atoms with E-state index in [1.807, 2.05) is 17.9 Å². The highest BCUT2D eigenvalue weighted by molar-refractivity contribution is 5.05. The fourth-order valence-electron chi connectivity index (χ4n) is 2.64. The van der Waals surface area contributed by atoms with E-state index in [4.69, 9.17) is 5.73 Å². The van der Waals surface area contributed by atoms with Gasteiger partial charge in [0, 0.05) is 37.4 Å². The van der Waals surface area contributed by atoms with E-state index < -0.39 is 0 Å². The number of hydrogen-bond acceptors (Lipinski definition) is 3. The van der Waals surface area contributed by atoms with Crippen molar-refractivity contribution >= 4 is 0 Å². The Morgan fingerprint density at radius 3 is 2.39 bits per heavy atom. The molecule has 0 aliphatic carbocycles. The van der Waals surface area contributed by atoms with Gasteiger partial charge in [-0.25, -0.2) is 0 Å². The predicted molar refractivity (Wildman–Crippen MR) is 76.3 cm³/mol. The first-order chi connectivity index (χ1) is 8.61. The van der Waals surface area contributed by atoms with Crippen LogP contribution in [0.3, 0.4) is 0 Å². The van der Waals surface area contributed by atoms with Crippen LogP contribution in [0.2, 0.25) is 0 Å². The van der Waals surface area contributed by atoms with Crippen LogP contribution in [0, 0.1) is 0 Å². The second-order valence-corrected chi connectivity index (χ2v) is 5.08. The zero-order chi connectivity index (χ0) is 13.6. The van der Waals surface area contributed by atoms with Crippen molar-refractivity contribution in [3.8, 4) is 0 Å². The Morgan fingerprint density at radius 1 is 1.33 bits per heavy atom. The molecule has 0 unspecified atom stereocenters. The molecule has 104 valence electrons. The zero-order valence-electron chi connectivity index (χ0n) is 12.3. The Bertz CT molecular complexity index is 333. The van der Waals surface area contributed by atoms with Crippen LogP contribution < -0.4 is 5.73 Å². The molecule has 2 N–H and O–H groups in total. The van der Waals surface area contributed by atoms with Gasteiger partial charge in [-0.2, -0.15) is 5.10 Å². The fourth-order valence-corrected chi connectivity index (χ4v) is 2.64. The molecule has 0 spiro atoms. The molecule has 0 saturated heterocycles. The summed E-state index contributed by atoms with van der Waals surface area (Å²) in [4.78, 5) is 2.53. The van der Waals surface area contributed by atoms with E-state index >= 15 is 0 Å². The van der Waals surface area contributed by atoms with Crippen LogP contribution in [0.1, 0.15) is 45.6 Å². The summed E-state index contributed by atoms with van der Waals surface area (Å²) in [6.07, 6.45) is 7.40. The van der Waals surface area contributed by atoms with Crippen molar-refractivity contribution in [3.05, 3.63) is 18.0 Å². The van der Waals surface area contributed by atoms with Crippen molar-refractivity contribution < 1.29 is 0 Å². The molecule has 4 heteroatoms. The lowest BCUT2D eigenvalue weighted by Crippen LogP contribution is -2.53. The molecule has 4 nitrogen and oxygen atoms in total.